The first-order valence-corrected chi connectivity index (χ1v) is 31.6. The van der Waals surface area contributed by atoms with Gasteiger partial charge in [0.1, 0.15) is 23.0 Å². The van der Waals surface area contributed by atoms with Gasteiger partial charge in [-0.2, -0.15) is 10.5 Å². The fourth-order valence-electron chi connectivity index (χ4n) is 11.3. The Morgan fingerprint density at radius 1 is 0.321 bits per heavy atom. The van der Waals surface area contributed by atoms with E-state index in [4.69, 9.17) is 18.9 Å². The molecule has 4 aromatic carbocycles. The summed E-state index contributed by atoms with van der Waals surface area (Å²) in [4.78, 5) is 0. The van der Waals surface area contributed by atoms with Crippen molar-refractivity contribution in [3.05, 3.63) is 116 Å². The van der Waals surface area contributed by atoms with Gasteiger partial charge in [0.15, 0.2) is 0 Å². The van der Waals surface area contributed by atoms with Crippen LogP contribution in [0.2, 0.25) is 0 Å². The summed E-state index contributed by atoms with van der Waals surface area (Å²) in [7, 11) is 0. The van der Waals surface area contributed by atoms with Crippen LogP contribution in [0.4, 0.5) is 0 Å². The van der Waals surface area contributed by atoms with E-state index in [-0.39, 0.29) is 13.2 Å². The Balaban J connectivity index is 1.55. The van der Waals surface area contributed by atoms with Crippen LogP contribution in [0.15, 0.2) is 60.7 Å². The number of rotatable bonds is 42. The molecule has 8 heteroatoms. The lowest BCUT2D eigenvalue weighted by atomic mass is 9.90. The molecule has 1 aliphatic rings. The summed E-state index contributed by atoms with van der Waals surface area (Å²) in [6.07, 6.45) is 39.0. The first kappa shape index (κ1) is 63.8. The van der Waals surface area contributed by atoms with Gasteiger partial charge in [0, 0.05) is 61.2 Å². The van der Waals surface area contributed by atoms with E-state index in [0.717, 1.165) is 157 Å². The van der Waals surface area contributed by atoms with Crippen molar-refractivity contribution in [1.82, 2.24) is 0 Å². The molecule has 0 fully saturated rings. The van der Waals surface area contributed by atoms with E-state index >= 15 is 0 Å². The van der Waals surface area contributed by atoms with Gasteiger partial charge in [0.2, 0.25) is 0 Å². The number of para-hydroxylation sites is 2. The molecule has 0 spiro atoms. The van der Waals surface area contributed by atoms with Crippen molar-refractivity contribution in [1.29, 1.82) is 10.5 Å². The van der Waals surface area contributed by atoms with Gasteiger partial charge < -0.3 is 29.2 Å². The first-order valence-electron chi connectivity index (χ1n) is 31.6. The molecule has 0 radical (unpaired) electrons. The van der Waals surface area contributed by atoms with E-state index in [1.807, 2.05) is 24.3 Å². The highest BCUT2D eigenvalue weighted by Gasteiger charge is 2.24. The van der Waals surface area contributed by atoms with Gasteiger partial charge in [-0.15, -0.1) is 0 Å². The number of aliphatic hydroxyl groups excluding tert-OH is 2. The number of unbranched alkanes of at least 4 members (excludes halogenated alkanes) is 28. The fraction of sp³-hybridized carbons (Fsp3) is 0.629. The third-order valence-corrected chi connectivity index (χ3v) is 15.7. The Bertz CT molecular complexity index is 2090. The van der Waals surface area contributed by atoms with Crippen molar-refractivity contribution in [2.45, 2.75) is 245 Å². The highest BCUT2D eigenvalue weighted by atomic mass is 16.5. The number of aliphatic hydroxyl groups is 2. The molecule has 8 bridgehead atoms. The minimum atomic E-state index is 0.277. The zero-order chi connectivity index (χ0) is 55.1. The van der Waals surface area contributed by atoms with Gasteiger partial charge in [-0.1, -0.05) is 217 Å². The highest BCUT2D eigenvalue weighted by Crippen LogP contribution is 2.40. The Hall–Kier alpha value is -5.02. The smallest absolute Gasteiger partial charge is 0.126 e. The quantitative estimate of drug-likeness (QED) is 0.0370. The molecule has 2 N–H and O–H groups in total. The maximum Gasteiger partial charge on any atom is 0.126 e. The molecule has 0 aliphatic heterocycles. The Labute approximate surface area is 473 Å². The summed E-state index contributed by atoms with van der Waals surface area (Å²) in [5.74, 6) is 3.45. The summed E-state index contributed by atoms with van der Waals surface area (Å²) in [6, 6.07) is 26.2. The lowest BCUT2D eigenvalue weighted by Crippen LogP contribution is -2.11. The van der Waals surface area contributed by atoms with Crippen LogP contribution >= 0.6 is 0 Å². The van der Waals surface area contributed by atoms with Gasteiger partial charge in [-0.25, -0.2) is 0 Å². The maximum absolute atomic E-state index is 10.7. The van der Waals surface area contributed by atoms with E-state index in [0.29, 0.717) is 63.2 Å². The molecule has 428 valence electrons. The maximum atomic E-state index is 10.7. The minimum absolute atomic E-state index is 0.277. The minimum Gasteiger partial charge on any atom is -0.493 e. The number of fused-ring (bicyclic) bond motifs is 8. The molecular formula is C70H102N2O6. The Morgan fingerprint density at radius 3 is 0.769 bits per heavy atom. The molecule has 0 saturated carbocycles. The van der Waals surface area contributed by atoms with E-state index < -0.39 is 0 Å². The van der Waals surface area contributed by atoms with E-state index in [1.54, 1.807) is 0 Å². The number of nitriles is 2. The topological polar surface area (TPSA) is 125 Å². The van der Waals surface area contributed by atoms with Crippen LogP contribution in [0.5, 0.6) is 23.0 Å². The number of hydrogen-bond acceptors (Lipinski definition) is 8. The average molecular weight is 1070 g/mol. The molecule has 8 nitrogen and oxygen atoms in total. The van der Waals surface area contributed by atoms with E-state index in [1.165, 1.54) is 116 Å². The third-order valence-electron chi connectivity index (χ3n) is 15.7. The molecule has 0 saturated heterocycles. The zero-order valence-corrected chi connectivity index (χ0v) is 48.9. The highest BCUT2D eigenvalue weighted by molar-refractivity contribution is 5.59. The first-order chi connectivity index (χ1) is 38.5. The lowest BCUT2D eigenvalue weighted by molar-refractivity contribution is 0.281. The predicted octanol–water partition coefficient (Wildman–Crippen LogP) is 18.1. The van der Waals surface area contributed by atoms with Crippen molar-refractivity contribution >= 4 is 0 Å². The van der Waals surface area contributed by atoms with Crippen LogP contribution in [0, 0.1) is 22.7 Å². The predicted molar refractivity (Wildman–Crippen MR) is 322 cm³/mol. The second-order valence-corrected chi connectivity index (χ2v) is 22.4. The van der Waals surface area contributed by atoms with Crippen LogP contribution in [-0.4, -0.2) is 49.9 Å². The summed E-state index contributed by atoms with van der Waals surface area (Å²) in [6.45, 7) is 7.48. The molecule has 0 unspecified atom stereocenters. The SMILES string of the molecule is CCCCCCCCCCOc1c2cccc1Cc1cc(C#N)cc(c1OCCCCCCCCCCO)Cc1cccc(c1OCCCCCCCCCC)Cc1cc(C#N)cc(c1OCCCCCCCCCCO)C2. The van der Waals surface area contributed by atoms with Crippen LogP contribution < -0.4 is 18.9 Å². The summed E-state index contributed by atoms with van der Waals surface area (Å²) in [5.41, 5.74) is 9.37. The number of ether oxygens (including phenoxy) is 4. The summed E-state index contributed by atoms with van der Waals surface area (Å²) in [5, 5.41) is 39.8. The normalized spacial score (nSPS) is 12.0. The molecule has 1 aliphatic carbocycles. The standard InChI is InChI=1S/C70H102N2O6/c1-3-5-7-9-11-19-25-31-43-75-67-59-37-35-38-60(67)52-64-48-58(56-72)50-66(70(64)78-46-34-28-22-16-14-18-24-30-42-74)54-62-40-36-39-61(68(62)76-44-32-26-20-12-10-8-6-4-2)53-65-49-57(55-71)47-63(51-59)69(65)77-45-33-27-21-15-13-17-23-29-41-73/h35-40,47-50,73-74H,3-34,41-46,51-54H2,1-2H3. The average Bonchev–Trinajstić information content (AvgIpc) is 3.49. The van der Waals surface area contributed by atoms with Crippen molar-refractivity contribution < 1.29 is 29.2 Å². The van der Waals surface area contributed by atoms with Gasteiger partial charge in [-0.3, -0.25) is 0 Å². The zero-order valence-electron chi connectivity index (χ0n) is 48.9. The molecule has 4 aromatic rings. The van der Waals surface area contributed by atoms with Gasteiger partial charge in [-0.05, 0) is 85.0 Å². The Morgan fingerprint density at radius 2 is 0.538 bits per heavy atom. The second kappa shape index (κ2) is 40.2. The molecule has 0 heterocycles. The lowest BCUT2D eigenvalue weighted by Gasteiger charge is -2.23. The van der Waals surface area contributed by atoms with Crippen molar-refractivity contribution in [2.75, 3.05) is 39.6 Å². The van der Waals surface area contributed by atoms with Crippen LogP contribution in [-0.2, 0) is 25.7 Å². The van der Waals surface area contributed by atoms with Gasteiger partial charge >= 0.3 is 0 Å². The molecule has 0 atom stereocenters. The summed E-state index contributed by atoms with van der Waals surface area (Å²) < 4.78 is 28.0. The largest absolute Gasteiger partial charge is 0.493 e. The van der Waals surface area contributed by atoms with E-state index in [9.17, 15) is 20.7 Å². The number of nitrogens with zero attached hydrogens (tertiary/aromatic N) is 2. The van der Waals surface area contributed by atoms with Crippen molar-refractivity contribution in [3.63, 3.8) is 0 Å². The monoisotopic (exact) mass is 1070 g/mol. The third kappa shape index (κ3) is 23.7. The molecule has 78 heavy (non-hydrogen) atoms. The number of benzene rings is 4. The molecule has 0 amide bonds. The fourth-order valence-corrected chi connectivity index (χ4v) is 11.3. The van der Waals surface area contributed by atoms with Crippen LogP contribution in [0.1, 0.15) is 275 Å². The van der Waals surface area contributed by atoms with Crippen molar-refractivity contribution in [2.24, 2.45) is 0 Å². The van der Waals surface area contributed by atoms with Crippen LogP contribution in [0.3, 0.4) is 0 Å². The molecule has 0 aromatic heterocycles. The van der Waals surface area contributed by atoms with Crippen molar-refractivity contribution in [3.8, 4) is 35.1 Å². The Kier molecular flexibility index (Phi) is 32.9. The van der Waals surface area contributed by atoms with Gasteiger partial charge in [0.25, 0.3) is 0 Å². The van der Waals surface area contributed by atoms with Gasteiger partial charge in [0.05, 0.1) is 49.7 Å². The van der Waals surface area contributed by atoms with Crippen LogP contribution in [0.25, 0.3) is 0 Å². The second-order valence-electron chi connectivity index (χ2n) is 22.4. The number of hydrogen-bond donors (Lipinski definition) is 2. The summed E-state index contributed by atoms with van der Waals surface area (Å²) >= 11 is 0. The molecule has 5 rings (SSSR count). The van der Waals surface area contributed by atoms with E-state index in [2.05, 4.69) is 62.4 Å². The molecular weight excluding hydrogens is 965 g/mol.